The first-order valence-electron chi connectivity index (χ1n) is 13.4. The number of aromatic nitrogens is 2. The summed E-state index contributed by atoms with van der Waals surface area (Å²) in [6.07, 6.45) is 2.93. The highest BCUT2D eigenvalue weighted by Gasteiger charge is 2.29. The molecule has 39 heavy (non-hydrogen) atoms. The largest absolute Gasteiger partial charge is 0.369 e. The van der Waals surface area contributed by atoms with E-state index in [2.05, 4.69) is 20.2 Å². The Morgan fingerprint density at radius 2 is 1.69 bits per heavy atom. The van der Waals surface area contributed by atoms with Gasteiger partial charge in [-0.25, -0.2) is 12.8 Å². The summed E-state index contributed by atoms with van der Waals surface area (Å²) in [6, 6.07) is 11.3. The highest BCUT2D eigenvalue weighted by molar-refractivity contribution is 7.91. The van der Waals surface area contributed by atoms with E-state index in [4.69, 9.17) is 0 Å². The molecule has 11 heteroatoms. The van der Waals surface area contributed by atoms with Crippen molar-refractivity contribution < 1.29 is 22.4 Å². The lowest BCUT2D eigenvalue weighted by molar-refractivity contribution is -0.126. The summed E-state index contributed by atoms with van der Waals surface area (Å²) in [7, 11) is -3.01. The van der Waals surface area contributed by atoms with E-state index < -0.39 is 21.6 Å². The average Bonchev–Trinajstić information content (AvgIpc) is 3.25. The molecule has 2 aliphatic rings. The molecule has 1 aliphatic heterocycles. The number of rotatable bonds is 5. The number of hydrogen-bond donors (Lipinski definition) is 2. The van der Waals surface area contributed by atoms with Gasteiger partial charge in [-0.2, -0.15) is 4.99 Å². The van der Waals surface area contributed by atoms with Gasteiger partial charge >= 0.3 is 0 Å². The number of benzene rings is 2. The lowest BCUT2D eigenvalue weighted by atomic mass is 9.85. The number of carbonyl (C=O) groups is 2. The molecule has 2 amide bonds. The molecule has 1 saturated carbocycles. The van der Waals surface area contributed by atoms with Gasteiger partial charge in [0.05, 0.1) is 22.5 Å². The predicted molar refractivity (Wildman–Crippen MR) is 148 cm³/mol. The maximum Gasteiger partial charge on any atom is 0.280 e. The number of sulfone groups is 1. The molecule has 2 aromatic carbocycles. The summed E-state index contributed by atoms with van der Waals surface area (Å²) in [5, 5.41) is 3.01. The first-order chi connectivity index (χ1) is 18.6. The van der Waals surface area contributed by atoms with Crippen molar-refractivity contribution in [3.8, 4) is 0 Å². The monoisotopic (exact) mass is 555 g/mol. The van der Waals surface area contributed by atoms with Crippen LogP contribution in [-0.4, -0.2) is 60.4 Å². The molecule has 1 aliphatic carbocycles. The van der Waals surface area contributed by atoms with Gasteiger partial charge in [0.25, 0.3) is 5.91 Å². The quantitative estimate of drug-likeness (QED) is 0.501. The Morgan fingerprint density at radius 3 is 2.33 bits per heavy atom. The van der Waals surface area contributed by atoms with E-state index >= 15 is 0 Å². The van der Waals surface area contributed by atoms with Gasteiger partial charge in [-0.3, -0.25) is 9.59 Å². The molecule has 0 atom stereocenters. The molecule has 2 heterocycles. The topological polar surface area (TPSA) is 117 Å². The second-order valence-electron chi connectivity index (χ2n) is 10.8. The van der Waals surface area contributed by atoms with Gasteiger partial charge < -0.3 is 19.8 Å². The van der Waals surface area contributed by atoms with Crippen LogP contribution in [0.25, 0.3) is 11.0 Å². The molecule has 1 aromatic heterocycles. The SMILES string of the molecule is CC(C)NC(=O)[C@H]1CC[C@@H](n2/c(=N/C(=O)c3ccc(F)cc3)[nH]c3ccc(N4CCS(=O)(=O)CC4)cc32)CC1. The molecule has 208 valence electrons. The third-order valence-electron chi connectivity index (χ3n) is 7.59. The van der Waals surface area contributed by atoms with Crippen molar-refractivity contribution in [3.63, 3.8) is 0 Å². The molecule has 0 unspecified atom stereocenters. The van der Waals surface area contributed by atoms with Gasteiger partial charge in [0.1, 0.15) is 5.82 Å². The normalized spacial score (nSPS) is 21.8. The molecule has 0 radical (unpaired) electrons. The second-order valence-corrected chi connectivity index (χ2v) is 13.1. The first-order valence-corrected chi connectivity index (χ1v) is 15.3. The fourth-order valence-electron chi connectivity index (χ4n) is 5.49. The maximum absolute atomic E-state index is 13.4. The Morgan fingerprint density at radius 1 is 1.03 bits per heavy atom. The van der Waals surface area contributed by atoms with Crippen LogP contribution in [0.5, 0.6) is 0 Å². The van der Waals surface area contributed by atoms with Crippen molar-refractivity contribution >= 4 is 38.4 Å². The third-order valence-corrected chi connectivity index (χ3v) is 9.20. The Kier molecular flexibility index (Phi) is 7.61. The molecule has 0 spiro atoms. The van der Waals surface area contributed by atoms with Crippen LogP contribution in [0.1, 0.15) is 55.9 Å². The van der Waals surface area contributed by atoms with Crippen molar-refractivity contribution in [1.29, 1.82) is 0 Å². The Bertz CT molecular complexity index is 1540. The number of anilines is 1. The van der Waals surface area contributed by atoms with Gasteiger partial charge in [0.15, 0.2) is 9.84 Å². The number of carbonyl (C=O) groups excluding carboxylic acids is 2. The predicted octanol–water partition coefficient (Wildman–Crippen LogP) is 3.34. The van der Waals surface area contributed by atoms with Crippen LogP contribution in [0, 0.1) is 11.7 Å². The number of imidazole rings is 1. The second kappa shape index (κ2) is 11.0. The maximum atomic E-state index is 13.4. The third kappa shape index (κ3) is 6.08. The van der Waals surface area contributed by atoms with E-state index in [9.17, 15) is 22.4 Å². The van der Waals surface area contributed by atoms with Gasteiger partial charge in [0, 0.05) is 42.3 Å². The minimum Gasteiger partial charge on any atom is -0.369 e. The molecule has 5 rings (SSSR count). The summed E-state index contributed by atoms with van der Waals surface area (Å²) in [5.41, 5.74) is 3.25. The lowest BCUT2D eigenvalue weighted by Crippen LogP contribution is -2.40. The van der Waals surface area contributed by atoms with Gasteiger partial charge in [-0.1, -0.05) is 0 Å². The summed E-state index contributed by atoms with van der Waals surface area (Å²) in [4.78, 5) is 35.4. The van der Waals surface area contributed by atoms with Crippen LogP contribution < -0.4 is 15.8 Å². The van der Waals surface area contributed by atoms with Crippen molar-refractivity contribution in [2.24, 2.45) is 10.9 Å². The Hall–Kier alpha value is -3.47. The zero-order chi connectivity index (χ0) is 27.7. The summed E-state index contributed by atoms with van der Waals surface area (Å²) in [5.74, 6) is -0.654. The highest BCUT2D eigenvalue weighted by atomic mass is 32.2. The highest BCUT2D eigenvalue weighted by Crippen LogP contribution is 2.34. The number of nitrogens with zero attached hydrogens (tertiary/aromatic N) is 3. The minimum absolute atomic E-state index is 0.0126. The Balaban J connectivity index is 1.51. The molecular formula is C28H34FN5O4S. The number of halogens is 1. The number of hydrogen-bond acceptors (Lipinski definition) is 5. The Labute approximate surface area is 227 Å². The zero-order valence-electron chi connectivity index (χ0n) is 22.2. The van der Waals surface area contributed by atoms with Crippen LogP contribution in [-0.2, 0) is 14.6 Å². The number of nitrogens with one attached hydrogen (secondary N) is 2. The zero-order valence-corrected chi connectivity index (χ0v) is 23.0. The van der Waals surface area contributed by atoms with Crippen LogP contribution in [0.4, 0.5) is 10.1 Å². The molecule has 2 N–H and O–H groups in total. The number of H-pyrrole nitrogens is 1. The van der Waals surface area contributed by atoms with E-state index in [1.165, 1.54) is 24.3 Å². The van der Waals surface area contributed by atoms with E-state index in [1.54, 1.807) is 0 Å². The van der Waals surface area contributed by atoms with Crippen LogP contribution in [0.3, 0.4) is 0 Å². The van der Waals surface area contributed by atoms with Gasteiger partial charge in [0.2, 0.25) is 11.5 Å². The standard InChI is InChI=1S/C28H34FN5O4S/c1-18(2)30-26(35)20-5-9-22(10-6-20)34-25-17-23(33-13-15-39(37,38)16-14-33)11-12-24(25)31-28(34)32-27(36)19-3-7-21(29)8-4-19/h3-4,7-8,11-12,17-18,20,22H,5-6,9-10,13-16H2,1-2H3,(H,30,35)(H,31,32,36)/t20-,22+. The minimum atomic E-state index is -3.01. The van der Waals surface area contributed by atoms with E-state index in [1.807, 2.05) is 36.6 Å². The lowest BCUT2D eigenvalue weighted by Gasteiger charge is -2.30. The van der Waals surface area contributed by atoms with Crippen LogP contribution in [0.15, 0.2) is 47.5 Å². The molecule has 0 bridgehead atoms. The number of amides is 2. The van der Waals surface area contributed by atoms with Crippen molar-refractivity contribution in [2.75, 3.05) is 29.5 Å². The summed E-state index contributed by atoms with van der Waals surface area (Å²) >= 11 is 0. The first kappa shape index (κ1) is 27.1. The van der Waals surface area contributed by atoms with Gasteiger partial charge in [-0.15, -0.1) is 0 Å². The number of aromatic amines is 1. The van der Waals surface area contributed by atoms with Crippen LogP contribution >= 0.6 is 0 Å². The average molecular weight is 556 g/mol. The summed E-state index contributed by atoms with van der Waals surface area (Å²) in [6.45, 7) is 4.75. The van der Waals surface area contributed by atoms with Crippen molar-refractivity contribution in [2.45, 2.75) is 51.6 Å². The van der Waals surface area contributed by atoms with E-state index in [0.29, 0.717) is 18.7 Å². The fraction of sp³-hybridized carbons (Fsp3) is 0.464. The molecular weight excluding hydrogens is 521 g/mol. The van der Waals surface area contributed by atoms with Crippen LogP contribution in [0.2, 0.25) is 0 Å². The number of fused-ring (bicyclic) bond motifs is 1. The molecule has 2 fully saturated rings. The van der Waals surface area contributed by atoms with Crippen molar-refractivity contribution in [1.82, 2.24) is 14.9 Å². The van der Waals surface area contributed by atoms with Gasteiger partial charge in [-0.05, 0) is 82.0 Å². The van der Waals surface area contributed by atoms with Crippen molar-refractivity contribution in [3.05, 3.63) is 59.5 Å². The van der Waals surface area contributed by atoms with E-state index in [-0.39, 0.29) is 41.0 Å². The molecule has 3 aromatic rings. The fourth-order valence-corrected chi connectivity index (χ4v) is 6.69. The van der Waals surface area contributed by atoms with E-state index in [0.717, 1.165) is 42.4 Å². The smallest absolute Gasteiger partial charge is 0.280 e. The molecule has 1 saturated heterocycles. The summed E-state index contributed by atoms with van der Waals surface area (Å²) < 4.78 is 39.3. The molecule has 9 nitrogen and oxygen atoms in total.